The number of halogens is 4. The van der Waals surface area contributed by atoms with Crippen LogP contribution in [0.2, 0.25) is 0 Å². The van der Waals surface area contributed by atoms with E-state index in [4.69, 9.17) is 4.42 Å². The molecule has 2 aromatic carbocycles. The number of alkyl halides is 3. The van der Waals surface area contributed by atoms with Crippen molar-refractivity contribution in [2.45, 2.75) is 18.2 Å². The van der Waals surface area contributed by atoms with Gasteiger partial charge in [0.15, 0.2) is 9.84 Å². The number of benzene rings is 2. The predicted molar refractivity (Wildman–Crippen MR) is 94.2 cm³/mol. The van der Waals surface area contributed by atoms with E-state index in [2.05, 4.69) is 4.74 Å². The van der Waals surface area contributed by atoms with E-state index < -0.39 is 38.4 Å². The van der Waals surface area contributed by atoms with Crippen molar-refractivity contribution in [2.24, 2.45) is 0 Å². The molecule has 11 heteroatoms. The zero-order valence-corrected chi connectivity index (χ0v) is 15.8. The number of rotatable bonds is 4. The van der Waals surface area contributed by atoms with Crippen LogP contribution in [0.15, 0.2) is 56.8 Å². The third kappa shape index (κ3) is 4.34. The Labute approximate surface area is 161 Å². The second-order valence-electron chi connectivity index (χ2n) is 6.14. The molecular formula is C18H13F4NO5S. The highest BCUT2D eigenvalue weighted by Crippen LogP contribution is 2.30. The first-order valence-corrected chi connectivity index (χ1v) is 9.83. The van der Waals surface area contributed by atoms with Crippen molar-refractivity contribution in [3.05, 3.63) is 64.6 Å². The molecule has 0 aliphatic heterocycles. The quantitative estimate of drug-likeness (QED) is 0.587. The van der Waals surface area contributed by atoms with Crippen LogP contribution in [0.1, 0.15) is 5.56 Å². The van der Waals surface area contributed by atoms with Gasteiger partial charge in [0.2, 0.25) is 0 Å². The fraction of sp³-hybridized carbons (Fsp3) is 0.167. The van der Waals surface area contributed by atoms with Gasteiger partial charge in [0.25, 0.3) is 0 Å². The first-order valence-electron chi connectivity index (χ1n) is 7.94. The third-order valence-electron chi connectivity index (χ3n) is 3.98. The van der Waals surface area contributed by atoms with Gasteiger partial charge < -0.3 is 9.15 Å². The monoisotopic (exact) mass is 431 g/mol. The van der Waals surface area contributed by atoms with Crippen LogP contribution in [-0.4, -0.2) is 25.6 Å². The normalized spacial score (nSPS) is 12.2. The van der Waals surface area contributed by atoms with Crippen LogP contribution in [0.4, 0.5) is 17.6 Å². The first kappa shape index (κ1) is 20.6. The fourth-order valence-corrected chi connectivity index (χ4v) is 3.40. The van der Waals surface area contributed by atoms with Gasteiger partial charge >= 0.3 is 12.1 Å². The largest absolute Gasteiger partial charge is 0.573 e. The highest BCUT2D eigenvalue weighted by atomic mass is 32.2. The lowest BCUT2D eigenvalue weighted by molar-refractivity contribution is -0.274. The van der Waals surface area contributed by atoms with Crippen molar-refractivity contribution >= 4 is 9.84 Å². The Balaban J connectivity index is 2.14. The molecule has 0 N–H and O–H groups in total. The Morgan fingerprint density at radius 3 is 2.38 bits per heavy atom. The maximum Gasteiger partial charge on any atom is 0.573 e. The van der Waals surface area contributed by atoms with Gasteiger partial charge in [0.05, 0.1) is 11.4 Å². The Bertz CT molecular complexity index is 1240. The van der Waals surface area contributed by atoms with Crippen molar-refractivity contribution in [3.8, 4) is 22.7 Å². The van der Waals surface area contributed by atoms with E-state index in [1.165, 1.54) is 25.1 Å². The van der Waals surface area contributed by atoms with Crippen LogP contribution in [0.5, 0.6) is 5.75 Å². The minimum absolute atomic E-state index is 0.00997. The SMILES string of the molecule is Cc1ccc(-n2c(-c3ccc(S(C)(=O)=O)c(F)c3)coc2=O)cc1OC(F)(F)F. The Hall–Kier alpha value is -3.08. The summed E-state index contributed by atoms with van der Waals surface area (Å²) in [5.41, 5.74) is 0.249. The minimum Gasteiger partial charge on any atom is -0.415 e. The summed E-state index contributed by atoms with van der Waals surface area (Å²) in [7, 11) is -3.81. The number of aryl methyl sites for hydroxylation is 1. The van der Waals surface area contributed by atoms with E-state index in [0.29, 0.717) is 0 Å². The lowest BCUT2D eigenvalue weighted by Gasteiger charge is -2.14. The van der Waals surface area contributed by atoms with Crippen LogP contribution in [0, 0.1) is 12.7 Å². The van der Waals surface area contributed by atoms with E-state index in [0.717, 1.165) is 35.3 Å². The molecule has 154 valence electrons. The lowest BCUT2D eigenvalue weighted by atomic mass is 10.1. The molecule has 0 atom stereocenters. The summed E-state index contributed by atoms with van der Waals surface area (Å²) in [4.78, 5) is 11.6. The van der Waals surface area contributed by atoms with E-state index in [1.807, 2.05) is 0 Å². The highest BCUT2D eigenvalue weighted by Gasteiger charge is 2.32. The minimum atomic E-state index is -4.93. The summed E-state index contributed by atoms with van der Waals surface area (Å²) in [6.45, 7) is 1.39. The van der Waals surface area contributed by atoms with Crippen molar-refractivity contribution in [2.75, 3.05) is 6.26 Å². The molecule has 0 unspecified atom stereocenters. The van der Waals surface area contributed by atoms with Gasteiger partial charge in [0.1, 0.15) is 22.7 Å². The fourth-order valence-electron chi connectivity index (χ4n) is 2.67. The molecule has 0 spiro atoms. The van der Waals surface area contributed by atoms with Crippen LogP contribution in [0.3, 0.4) is 0 Å². The van der Waals surface area contributed by atoms with Gasteiger partial charge in [-0.15, -0.1) is 13.2 Å². The first-order chi connectivity index (χ1) is 13.4. The van der Waals surface area contributed by atoms with Crippen molar-refractivity contribution < 1.29 is 35.1 Å². The van der Waals surface area contributed by atoms with Crippen LogP contribution < -0.4 is 10.5 Å². The smallest absolute Gasteiger partial charge is 0.415 e. The standard InChI is InChI=1S/C18H13F4NO5S/c1-10-3-5-12(8-15(10)28-18(20,21)22)23-14(9-27-17(23)24)11-4-6-16(13(19)7-11)29(2,25)26/h3-9H,1-2H3. The molecule has 0 bridgehead atoms. The molecule has 3 aromatic rings. The zero-order valence-electron chi connectivity index (χ0n) is 15.0. The van der Waals surface area contributed by atoms with Gasteiger partial charge in [-0.05, 0) is 30.7 Å². The summed E-state index contributed by atoms with van der Waals surface area (Å²) in [5, 5.41) is 0. The lowest BCUT2D eigenvalue weighted by Crippen LogP contribution is -2.19. The van der Waals surface area contributed by atoms with E-state index in [1.54, 1.807) is 0 Å². The van der Waals surface area contributed by atoms with Crippen LogP contribution in [0.25, 0.3) is 16.9 Å². The summed E-state index contributed by atoms with van der Waals surface area (Å²) >= 11 is 0. The average molecular weight is 431 g/mol. The Morgan fingerprint density at radius 1 is 1.10 bits per heavy atom. The molecule has 0 amide bonds. The molecule has 0 radical (unpaired) electrons. The molecule has 6 nitrogen and oxygen atoms in total. The van der Waals surface area contributed by atoms with Crippen LogP contribution >= 0.6 is 0 Å². The Morgan fingerprint density at radius 2 is 1.79 bits per heavy atom. The van der Waals surface area contributed by atoms with Crippen LogP contribution in [-0.2, 0) is 9.84 Å². The summed E-state index contributed by atoms with van der Waals surface area (Å²) < 4.78 is 84.8. The molecule has 0 aliphatic rings. The number of nitrogens with zero attached hydrogens (tertiary/aromatic N) is 1. The van der Waals surface area contributed by atoms with Gasteiger partial charge in [-0.25, -0.2) is 22.2 Å². The van der Waals surface area contributed by atoms with E-state index in [9.17, 15) is 30.8 Å². The highest BCUT2D eigenvalue weighted by molar-refractivity contribution is 7.90. The number of oxazole rings is 1. The molecule has 3 rings (SSSR count). The molecular weight excluding hydrogens is 418 g/mol. The number of hydrogen-bond acceptors (Lipinski definition) is 5. The maximum absolute atomic E-state index is 14.2. The number of hydrogen-bond donors (Lipinski definition) is 0. The predicted octanol–water partition coefficient (Wildman–Crippen LogP) is 3.85. The van der Waals surface area contributed by atoms with Gasteiger partial charge in [-0.2, -0.15) is 0 Å². The topological polar surface area (TPSA) is 78.5 Å². The molecule has 0 saturated carbocycles. The molecule has 29 heavy (non-hydrogen) atoms. The summed E-state index contributed by atoms with van der Waals surface area (Å²) in [6, 6.07) is 6.83. The molecule has 0 aliphatic carbocycles. The maximum atomic E-state index is 14.2. The molecule has 0 fully saturated rings. The van der Waals surface area contributed by atoms with E-state index in [-0.39, 0.29) is 22.5 Å². The molecule has 1 aromatic heterocycles. The van der Waals surface area contributed by atoms with Crippen molar-refractivity contribution in [3.63, 3.8) is 0 Å². The molecule has 0 saturated heterocycles. The summed E-state index contributed by atoms with van der Waals surface area (Å²) in [5.74, 6) is -2.50. The second-order valence-corrected chi connectivity index (χ2v) is 8.12. The van der Waals surface area contributed by atoms with Gasteiger partial charge in [-0.3, -0.25) is 0 Å². The number of aromatic nitrogens is 1. The number of sulfone groups is 1. The van der Waals surface area contributed by atoms with E-state index >= 15 is 0 Å². The average Bonchev–Trinajstić information content (AvgIpc) is 2.96. The molecule has 1 heterocycles. The number of ether oxygens (including phenoxy) is 1. The Kier molecular flexibility index (Phi) is 5.03. The van der Waals surface area contributed by atoms with Crippen molar-refractivity contribution in [1.82, 2.24) is 4.57 Å². The second kappa shape index (κ2) is 7.07. The van der Waals surface area contributed by atoms with Crippen molar-refractivity contribution in [1.29, 1.82) is 0 Å². The van der Waals surface area contributed by atoms with Gasteiger partial charge in [0, 0.05) is 17.9 Å². The van der Waals surface area contributed by atoms with Gasteiger partial charge in [-0.1, -0.05) is 12.1 Å². The summed E-state index contributed by atoms with van der Waals surface area (Å²) in [6.07, 6.45) is -3.10. The third-order valence-corrected chi connectivity index (χ3v) is 5.11. The zero-order chi connectivity index (χ0) is 21.6.